The van der Waals surface area contributed by atoms with E-state index in [1.807, 2.05) is 92.7 Å². The number of fused-ring (bicyclic) bond motifs is 12. The van der Waals surface area contributed by atoms with Crippen LogP contribution in [0.2, 0.25) is 0 Å². The molecule has 9 rings (SSSR count). The monoisotopic (exact) mass is 688 g/mol. The summed E-state index contributed by atoms with van der Waals surface area (Å²) in [5.74, 6) is 0. The number of hydrogen-bond acceptors (Lipinski definition) is 6. The lowest BCUT2D eigenvalue weighted by Crippen LogP contribution is -2.01. The molecule has 0 radical (unpaired) electrons. The molecule has 0 aliphatic heterocycles. The Balaban J connectivity index is 1.61. The molecule has 4 aromatic carbocycles. The first-order valence-corrected chi connectivity index (χ1v) is 17.6. The van der Waals surface area contributed by atoms with E-state index in [9.17, 15) is 15.8 Å². The minimum atomic E-state index is 0.440. The summed E-state index contributed by atoms with van der Waals surface area (Å²) in [6, 6.07) is 43.4. The maximum absolute atomic E-state index is 11.1. The molecule has 2 aromatic heterocycles. The van der Waals surface area contributed by atoms with Gasteiger partial charge >= 0.3 is 0 Å². The predicted molar refractivity (Wildman–Crippen MR) is 214 cm³/mol. The van der Waals surface area contributed by atoms with Gasteiger partial charge in [0.2, 0.25) is 0 Å². The Morgan fingerprint density at radius 2 is 0.870 bits per heavy atom. The average molecular weight is 689 g/mol. The summed E-state index contributed by atoms with van der Waals surface area (Å²) in [5.41, 5.74) is 16.3. The summed E-state index contributed by atoms with van der Waals surface area (Å²) in [5, 5.41) is 33.2. The largest absolute Gasteiger partial charge is 0.260 e. The van der Waals surface area contributed by atoms with E-state index in [2.05, 4.69) is 69.6 Å². The van der Waals surface area contributed by atoms with Crippen LogP contribution in [0, 0.1) is 34.0 Å². The Hall–Kier alpha value is -7.72. The fourth-order valence-electron chi connectivity index (χ4n) is 8.42. The molecule has 250 valence electrons. The lowest BCUT2D eigenvalue weighted by Gasteiger charge is -2.20. The van der Waals surface area contributed by atoms with Gasteiger partial charge in [0.25, 0.3) is 0 Å². The van der Waals surface area contributed by atoms with Gasteiger partial charge in [-0.25, -0.2) is 0 Å². The topological polar surface area (TPSA) is 110 Å². The summed E-state index contributed by atoms with van der Waals surface area (Å²) >= 11 is 0. The number of aliphatic imine (C=N–C) groups is 1. The normalized spacial score (nSPS) is 15.9. The number of nitriles is 3. The molecule has 2 heterocycles. The molecule has 3 aliphatic rings. The van der Waals surface area contributed by atoms with E-state index in [0.717, 1.165) is 83.5 Å². The number of allylic oxidation sites excluding steroid dienone is 4. The molecule has 0 saturated carbocycles. The molecule has 6 heteroatoms. The quantitative estimate of drug-likeness (QED) is 0.135. The van der Waals surface area contributed by atoms with Gasteiger partial charge in [0.15, 0.2) is 0 Å². The van der Waals surface area contributed by atoms with E-state index < -0.39 is 0 Å². The van der Waals surface area contributed by atoms with Crippen LogP contribution in [0.15, 0.2) is 144 Å². The molecular weight excluding hydrogens is 661 g/mol. The highest BCUT2D eigenvalue weighted by Crippen LogP contribution is 2.65. The Morgan fingerprint density at radius 1 is 0.481 bits per heavy atom. The summed E-state index contributed by atoms with van der Waals surface area (Å²) in [6.45, 7) is 3.73. The van der Waals surface area contributed by atoms with E-state index in [4.69, 9.17) is 0 Å². The van der Waals surface area contributed by atoms with Crippen molar-refractivity contribution in [2.75, 3.05) is 0 Å². The maximum atomic E-state index is 11.1. The number of nitrogens with zero attached hydrogens (tertiary/aromatic N) is 6. The summed E-state index contributed by atoms with van der Waals surface area (Å²) < 4.78 is 0. The van der Waals surface area contributed by atoms with Gasteiger partial charge in [-0.15, -0.1) is 0 Å². The smallest absolute Gasteiger partial charge is 0.102 e. The van der Waals surface area contributed by atoms with Crippen molar-refractivity contribution in [2.45, 2.75) is 13.8 Å². The second-order valence-electron chi connectivity index (χ2n) is 13.0. The lowest BCUT2D eigenvalue weighted by molar-refractivity contribution is 1.28. The van der Waals surface area contributed by atoms with Crippen molar-refractivity contribution in [3.05, 3.63) is 184 Å². The second-order valence-corrected chi connectivity index (χ2v) is 13.0. The molecule has 0 bridgehead atoms. The van der Waals surface area contributed by atoms with Gasteiger partial charge < -0.3 is 0 Å². The molecule has 0 unspecified atom stereocenters. The van der Waals surface area contributed by atoms with Gasteiger partial charge in [-0.3, -0.25) is 15.0 Å². The minimum absolute atomic E-state index is 0.440. The van der Waals surface area contributed by atoms with Crippen LogP contribution in [-0.2, 0) is 0 Å². The lowest BCUT2D eigenvalue weighted by atomic mass is 9.81. The molecule has 3 aliphatic carbocycles. The third-order valence-corrected chi connectivity index (χ3v) is 10.4. The molecule has 54 heavy (non-hydrogen) atoms. The Kier molecular flexibility index (Phi) is 7.63. The van der Waals surface area contributed by atoms with Crippen LogP contribution in [0.5, 0.6) is 0 Å². The van der Waals surface area contributed by atoms with E-state index >= 15 is 0 Å². The van der Waals surface area contributed by atoms with E-state index in [1.54, 1.807) is 18.6 Å². The van der Waals surface area contributed by atoms with Crippen molar-refractivity contribution in [1.29, 1.82) is 15.8 Å². The highest BCUT2D eigenvalue weighted by molar-refractivity contribution is 6.28. The van der Waals surface area contributed by atoms with E-state index in [1.165, 1.54) is 0 Å². The van der Waals surface area contributed by atoms with Gasteiger partial charge in [-0.05, 0) is 88.2 Å². The summed E-state index contributed by atoms with van der Waals surface area (Å²) in [7, 11) is 0. The zero-order valence-corrected chi connectivity index (χ0v) is 29.4. The zero-order chi connectivity index (χ0) is 36.9. The summed E-state index contributed by atoms with van der Waals surface area (Å²) in [4.78, 5) is 14.0. The standard InChI is InChI=1S/C48H28N6/c1-3-37(52-4-2)34(25-49)40-28-15-5-8-18-31(28)43-46(40)44-32-19-9-6-16-29(32)41(35(26-50)38-21-11-13-23-53-38)48(44)45-33-20-10-7-17-30(33)42(47(43)45)36(27-51)39-22-12-14-24-54-39/h3-24H,1-2H3/b37-3-,40-34+,41-35+,42-36+,52-4?. The Morgan fingerprint density at radius 3 is 1.22 bits per heavy atom. The van der Waals surface area contributed by atoms with Crippen LogP contribution in [0.3, 0.4) is 0 Å². The fraction of sp³-hybridized carbons (Fsp3) is 0.0417. The second kappa shape index (κ2) is 12.8. The van der Waals surface area contributed by atoms with Gasteiger partial charge in [-0.1, -0.05) is 91.0 Å². The van der Waals surface area contributed by atoms with Crippen LogP contribution in [0.4, 0.5) is 0 Å². The molecule has 6 nitrogen and oxygen atoms in total. The number of aromatic nitrogens is 2. The highest BCUT2D eigenvalue weighted by Gasteiger charge is 2.44. The van der Waals surface area contributed by atoms with Gasteiger partial charge in [0.1, 0.15) is 18.2 Å². The van der Waals surface area contributed by atoms with Crippen molar-refractivity contribution >= 4 is 34.1 Å². The molecule has 0 fully saturated rings. The van der Waals surface area contributed by atoms with E-state index in [-0.39, 0.29) is 0 Å². The molecule has 6 aromatic rings. The highest BCUT2D eigenvalue weighted by atomic mass is 14.7. The minimum Gasteiger partial charge on any atom is -0.260 e. The van der Waals surface area contributed by atoms with Crippen molar-refractivity contribution in [3.8, 4) is 51.6 Å². The third kappa shape index (κ3) is 4.47. The van der Waals surface area contributed by atoms with Crippen LogP contribution in [0.25, 0.3) is 61.2 Å². The summed E-state index contributed by atoms with van der Waals surface area (Å²) in [6.07, 6.45) is 6.97. The Labute approximate surface area is 313 Å². The molecule has 0 amide bonds. The third-order valence-electron chi connectivity index (χ3n) is 10.4. The SMILES string of the molecule is CC=NC(=C\C)/C(C#N)=C1\c2ccccc2-c2c1c1c(c3c2/C(=C(\C#N)c2ccccn2)c2ccccc2-3)/C(=C(\C#N)c2ccccn2)c2ccccc2-1. The maximum Gasteiger partial charge on any atom is 0.102 e. The number of rotatable bonds is 4. The van der Waals surface area contributed by atoms with Gasteiger partial charge in [0, 0.05) is 52.0 Å². The van der Waals surface area contributed by atoms with Crippen molar-refractivity contribution in [1.82, 2.24) is 9.97 Å². The molecule has 0 spiro atoms. The van der Waals surface area contributed by atoms with E-state index in [0.29, 0.717) is 33.8 Å². The van der Waals surface area contributed by atoms with Crippen LogP contribution >= 0.6 is 0 Å². The first-order chi connectivity index (χ1) is 26.7. The number of hydrogen-bond donors (Lipinski definition) is 0. The fourth-order valence-corrected chi connectivity index (χ4v) is 8.42. The van der Waals surface area contributed by atoms with Crippen molar-refractivity contribution in [3.63, 3.8) is 0 Å². The predicted octanol–water partition coefficient (Wildman–Crippen LogP) is 10.7. The molecule has 0 saturated heterocycles. The first-order valence-electron chi connectivity index (χ1n) is 17.6. The van der Waals surface area contributed by atoms with Crippen molar-refractivity contribution < 1.29 is 0 Å². The molecule has 0 N–H and O–H groups in total. The number of benzene rings is 4. The van der Waals surface area contributed by atoms with Gasteiger partial charge in [0.05, 0.1) is 33.8 Å². The zero-order valence-electron chi connectivity index (χ0n) is 29.4. The molecular formula is C48H28N6. The first kappa shape index (κ1) is 32.2. The van der Waals surface area contributed by atoms with Crippen LogP contribution < -0.4 is 0 Å². The van der Waals surface area contributed by atoms with Crippen LogP contribution in [0.1, 0.15) is 58.6 Å². The van der Waals surface area contributed by atoms with Crippen LogP contribution in [-0.4, -0.2) is 16.2 Å². The van der Waals surface area contributed by atoms with Crippen molar-refractivity contribution in [2.24, 2.45) is 4.99 Å². The average Bonchev–Trinajstić information content (AvgIpc) is 3.86. The Bertz CT molecular complexity index is 2810. The van der Waals surface area contributed by atoms with Gasteiger partial charge in [-0.2, -0.15) is 15.8 Å². The molecule has 0 atom stereocenters. The number of pyridine rings is 2.